The van der Waals surface area contributed by atoms with Crippen molar-refractivity contribution in [3.05, 3.63) is 84.4 Å². The van der Waals surface area contributed by atoms with Crippen LogP contribution in [0.1, 0.15) is 58.1 Å². The summed E-state index contributed by atoms with van der Waals surface area (Å²) in [7, 11) is 0. The Bertz CT molecular complexity index is 864. The third kappa shape index (κ3) is 7.04. The molecule has 3 atom stereocenters. The first kappa shape index (κ1) is 26.2. The molecule has 0 aliphatic heterocycles. The van der Waals surface area contributed by atoms with Gasteiger partial charge in [-0.05, 0) is 69.5 Å². The lowest BCUT2D eigenvalue weighted by Crippen LogP contribution is -2.67. The molecule has 4 heteroatoms. The van der Waals surface area contributed by atoms with Crippen molar-refractivity contribution in [2.45, 2.75) is 71.1 Å². The summed E-state index contributed by atoms with van der Waals surface area (Å²) < 4.78 is 0. The predicted molar refractivity (Wildman–Crippen MR) is 142 cm³/mol. The molecule has 3 rings (SSSR count). The van der Waals surface area contributed by atoms with E-state index in [1.54, 1.807) is 0 Å². The maximum atomic E-state index is 13.9. The van der Waals surface area contributed by atoms with Gasteiger partial charge in [0.25, 0.3) is 0 Å². The van der Waals surface area contributed by atoms with Crippen LogP contribution in [0.15, 0.2) is 73.3 Å². The molecule has 4 nitrogen and oxygen atoms in total. The van der Waals surface area contributed by atoms with Crippen LogP contribution in [-0.2, 0) is 17.9 Å². The Kier molecular flexibility index (Phi) is 9.10. The van der Waals surface area contributed by atoms with E-state index in [9.17, 15) is 4.79 Å². The average Bonchev–Trinajstić information content (AvgIpc) is 2.80. The van der Waals surface area contributed by atoms with E-state index in [0.717, 1.165) is 45.4 Å². The first-order valence-corrected chi connectivity index (χ1v) is 12.8. The minimum atomic E-state index is -0.606. The van der Waals surface area contributed by atoms with Gasteiger partial charge in [-0.2, -0.15) is 0 Å². The van der Waals surface area contributed by atoms with E-state index < -0.39 is 5.54 Å². The molecule has 0 bridgehead atoms. The molecule has 0 radical (unpaired) electrons. The lowest BCUT2D eigenvalue weighted by molar-refractivity contribution is -0.134. The Morgan fingerprint density at radius 2 is 1.59 bits per heavy atom. The van der Waals surface area contributed by atoms with Crippen LogP contribution in [0.25, 0.3) is 0 Å². The molecule has 0 heterocycles. The fraction of sp³-hybridized carbons (Fsp3) is 0.500. The molecule has 184 valence electrons. The van der Waals surface area contributed by atoms with Gasteiger partial charge in [-0.15, -0.1) is 6.58 Å². The molecule has 0 unspecified atom stereocenters. The van der Waals surface area contributed by atoms with Crippen LogP contribution in [0.2, 0.25) is 0 Å². The number of rotatable bonds is 10. The third-order valence-corrected chi connectivity index (χ3v) is 6.86. The van der Waals surface area contributed by atoms with Crippen LogP contribution in [0.3, 0.4) is 0 Å². The summed E-state index contributed by atoms with van der Waals surface area (Å²) in [5.41, 5.74) is 1.71. The van der Waals surface area contributed by atoms with Crippen molar-refractivity contribution in [1.29, 1.82) is 0 Å². The highest BCUT2D eigenvalue weighted by molar-refractivity contribution is 5.87. The average molecular weight is 462 g/mol. The van der Waals surface area contributed by atoms with Crippen molar-refractivity contribution in [3.8, 4) is 0 Å². The van der Waals surface area contributed by atoms with Crippen molar-refractivity contribution >= 4 is 5.91 Å². The molecule has 1 amide bonds. The highest BCUT2D eigenvalue weighted by atomic mass is 16.2. The van der Waals surface area contributed by atoms with Gasteiger partial charge < -0.3 is 10.6 Å². The Balaban J connectivity index is 1.92. The molecule has 1 saturated carbocycles. The molecular weight excluding hydrogens is 418 g/mol. The molecular formula is C30H43N3O. The Morgan fingerprint density at radius 1 is 1.03 bits per heavy atom. The number of nitrogens with one attached hydrogen (secondary N) is 2. The number of benzene rings is 2. The SMILES string of the molecule is C=C[C@@H]1CC[C@@H](CN(Cc2ccccc2)Cc2ccccc2)[C@@](NCC)(C(=O)NC(C)(C)C)C1. The molecule has 1 aliphatic rings. The summed E-state index contributed by atoms with van der Waals surface area (Å²) in [6.45, 7) is 15.7. The quantitative estimate of drug-likeness (QED) is 0.456. The van der Waals surface area contributed by atoms with Crippen molar-refractivity contribution < 1.29 is 4.79 Å². The molecule has 2 N–H and O–H groups in total. The van der Waals surface area contributed by atoms with Gasteiger partial charge in [-0.3, -0.25) is 9.69 Å². The van der Waals surface area contributed by atoms with Gasteiger partial charge in [0.05, 0.1) is 0 Å². The van der Waals surface area contributed by atoms with Gasteiger partial charge in [0, 0.05) is 25.2 Å². The molecule has 34 heavy (non-hydrogen) atoms. The smallest absolute Gasteiger partial charge is 0.241 e. The Labute approximate surface area is 206 Å². The van der Waals surface area contributed by atoms with Crippen LogP contribution in [0.5, 0.6) is 0 Å². The van der Waals surface area contributed by atoms with E-state index >= 15 is 0 Å². The Morgan fingerprint density at radius 3 is 2.06 bits per heavy atom. The summed E-state index contributed by atoms with van der Waals surface area (Å²) in [5.74, 6) is 0.675. The van der Waals surface area contributed by atoms with E-state index in [1.165, 1.54) is 11.1 Å². The van der Waals surface area contributed by atoms with Crippen molar-refractivity contribution in [3.63, 3.8) is 0 Å². The fourth-order valence-corrected chi connectivity index (χ4v) is 5.31. The van der Waals surface area contributed by atoms with E-state index in [4.69, 9.17) is 0 Å². The van der Waals surface area contributed by atoms with Crippen LogP contribution in [-0.4, -0.2) is 35.0 Å². The van der Waals surface area contributed by atoms with Gasteiger partial charge >= 0.3 is 0 Å². The van der Waals surface area contributed by atoms with Crippen LogP contribution in [0, 0.1) is 11.8 Å². The molecule has 0 saturated heterocycles. The van der Waals surface area contributed by atoms with Crippen molar-refractivity contribution in [2.75, 3.05) is 13.1 Å². The number of carbonyl (C=O) groups is 1. The maximum absolute atomic E-state index is 13.9. The molecule has 1 fully saturated rings. The van der Waals surface area contributed by atoms with Gasteiger partial charge in [-0.25, -0.2) is 0 Å². The topological polar surface area (TPSA) is 44.4 Å². The maximum Gasteiger partial charge on any atom is 0.241 e. The van der Waals surface area contributed by atoms with Crippen LogP contribution in [0.4, 0.5) is 0 Å². The molecule has 0 aromatic heterocycles. The number of nitrogens with zero attached hydrogens (tertiary/aromatic N) is 1. The minimum Gasteiger partial charge on any atom is -0.350 e. The number of hydrogen-bond acceptors (Lipinski definition) is 3. The van der Waals surface area contributed by atoms with Crippen LogP contribution >= 0.6 is 0 Å². The van der Waals surface area contributed by atoms with Crippen LogP contribution < -0.4 is 10.6 Å². The summed E-state index contributed by atoms with van der Waals surface area (Å²) >= 11 is 0. The number of carbonyl (C=O) groups excluding carboxylic acids is 1. The lowest BCUT2D eigenvalue weighted by atomic mass is 9.67. The second kappa shape index (κ2) is 11.8. The van der Waals surface area contributed by atoms with Gasteiger partial charge in [0.15, 0.2) is 0 Å². The van der Waals surface area contributed by atoms with Gasteiger partial charge in [0.1, 0.15) is 5.54 Å². The van der Waals surface area contributed by atoms with E-state index in [-0.39, 0.29) is 17.4 Å². The summed E-state index contributed by atoms with van der Waals surface area (Å²) in [6.07, 6.45) is 4.91. The fourth-order valence-electron chi connectivity index (χ4n) is 5.31. The second-order valence-corrected chi connectivity index (χ2v) is 10.8. The summed E-state index contributed by atoms with van der Waals surface area (Å²) in [6, 6.07) is 21.3. The normalized spacial score (nSPS) is 23.0. The molecule has 2 aromatic rings. The predicted octanol–water partition coefficient (Wildman–Crippen LogP) is 5.55. The van der Waals surface area contributed by atoms with Crippen molar-refractivity contribution in [1.82, 2.24) is 15.5 Å². The zero-order chi connectivity index (χ0) is 24.6. The molecule has 2 aromatic carbocycles. The lowest BCUT2D eigenvalue weighted by Gasteiger charge is -2.48. The molecule has 1 aliphatic carbocycles. The highest BCUT2D eigenvalue weighted by Gasteiger charge is 2.49. The second-order valence-electron chi connectivity index (χ2n) is 10.8. The number of allylic oxidation sites excluding steroid dienone is 1. The van der Waals surface area contributed by atoms with Gasteiger partial charge in [-0.1, -0.05) is 73.7 Å². The zero-order valence-corrected chi connectivity index (χ0v) is 21.5. The zero-order valence-electron chi connectivity index (χ0n) is 21.5. The number of likely N-dealkylation sites (N-methyl/N-ethyl adjacent to an activating group) is 1. The van der Waals surface area contributed by atoms with Gasteiger partial charge in [0.2, 0.25) is 5.91 Å². The summed E-state index contributed by atoms with van der Waals surface area (Å²) in [4.78, 5) is 16.4. The van der Waals surface area contributed by atoms with Crippen molar-refractivity contribution in [2.24, 2.45) is 11.8 Å². The number of hydrogen-bond donors (Lipinski definition) is 2. The van der Waals surface area contributed by atoms with E-state index in [0.29, 0.717) is 5.92 Å². The minimum absolute atomic E-state index is 0.123. The standard InChI is InChI=1S/C30H43N3O/c1-6-24-18-19-27(30(20-24,31-7-2)28(34)32-29(3,4)5)23-33(21-25-14-10-8-11-15-25)22-26-16-12-9-13-17-26/h6,8-17,24,27,31H,1,7,18-23H2,2-5H3,(H,32,34)/t24-,27+,30-/m1/s1. The van der Waals surface area contributed by atoms with E-state index in [2.05, 4.69) is 110 Å². The largest absolute Gasteiger partial charge is 0.350 e. The highest BCUT2D eigenvalue weighted by Crippen LogP contribution is 2.39. The first-order valence-electron chi connectivity index (χ1n) is 12.8. The third-order valence-electron chi connectivity index (χ3n) is 6.86. The monoisotopic (exact) mass is 461 g/mol. The van der Waals surface area contributed by atoms with E-state index in [1.807, 2.05) is 6.08 Å². The summed E-state index contributed by atoms with van der Waals surface area (Å²) in [5, 5.41) is 6.99. The first-order chi connectivity index (χ1) is 16.3. The molecule has 0 spiro atoms. The number of amides is 1. The Hall–Kier alpha value is -2.43.